The van der Waals surface area contributed by atoms with Crippen LogP contribution in [0.25, 0.3) is 0 Å². The number of nitrogens with zero attached hydrogens (tertiary/aromatic N) is 2. The number of nitrogens with one attached hydrogen (secondary N) is 1. The third-order valence-corrected chi connectivity index (χ3v) is 3.23. The van der Waals surface area contributed by atoms with Gasteiger partial charge in [0.05, 0.1) is 12.1 Å². The zero-order chi connectivity index (χ0) is 13.3. The Hall–Kier alpha value is -1.80. The molecule has 0 spiro atoms. The first-order chi connectivity index (χ1) is 8.52. The summed E-state index contributed by atoms with van der Waals surface area (Å²) in [5.74, 6) is -0.359. The fourth-order valence-corrected chi connectivity index (χ4v) is 2.27. The number of benzene rings is 1. The summed E-state index contributed by atoms with van der Waals surface area (Å²) in [6.45, 7) is 1.95. The second-order valence-corrected chi connectivity index (χ2v) is 4.57. The number of urea groups is 1. The Balaban J connectivity index is 2.27. The van der Waals surface area contributed by atoms with E-state index in [1.165, 1.54) is 17.0 Å². The van der Waals surface area contributed by atoms with Gasteiger partial charge in [0.15, 0.2) is 0 Å². The maximum Gasteiger partial charge on any atom is 0.318 e. The van der Waals surface area contributed by atoms with E-state index in [9.17, 15) is 9.18 Å². The van der Waals surface area contributed by atoms with E-state index in [0.29, 0.717) is 22.7 Å². The molecule has 2 rings (SSSR count). The van der Waals surface area contributed by atoms with Gasteiger partial charge in [-0.05, 0) is 30.2 Å². The van der Waals surface area contributed by atoms with Gasteiger partial charge in [0.1, 0.15) is 12.4 Å². The zero-order valence-electron chi connectivity index (χ0n) is 9.70. The van der Waals surface area contributed by atoms with E-state index >= 15 is 0 Å². The molecule has 0 bridgehead atoms. The van der Waals surface area contributed by atoms with Crippen LogP contribution in [0.3, 0.4) is 0 Å². The number of halogens is 2. The number of nitriles is 1. The molecule has 1 aliphatic heterocycles. The van der Waals surface area contributed by atoms with Gasteiger partial charge in [-0.15, -0.1) is 0 Å². The van der Waals surface area contributed by atoms with Crippen LogP contribution in [0.4, 0.5) is 9.18 Å². The first kappa shape index (κ1) is 12.7. The molecule has 2 amide bonds. The van der Waals surface area contributed by atoms with Crippen molar-refractivity contribution in [1.82, 2.24) is 10.2 Å². The Kier molecular flexibility index (Phi) is 3.39. The van der Waals surface area contributed by atoms with Crippen molar-refractivity contribution in [2.75, 3.05) is 13.1 Å². The van der Waals surface area contributed by atoms with Crippen LogP contribution in [0, 0.1) is 24.1 Å². The first-order valence-corrected chi connectivity index (χ1v) is 5.78. The van der Waals surface area contributed by atoms with Crippen molar-refractivity contribution in [3.8, 4) is 6.07 Å². The number of amides is 2. The molecule has 1 heterocycles. The highest BCUT2D eigenvalue weighted by molar-refractivity contribution is 6.31. The van der Waals surface area contributed by atoms with Crippen molar-refractivity contribution >= 4 is 17.6 Å². The number of carbonyl (C=O) groups is 1. The van der Waals surface area contributed by atoms with Crippen molar-refractivity contribution in [1.29, 1.82) is 5.26 Å². The van der Waals surface area contributed by atoms with Gasteiger partial charge in [-0.2, -0.15) is 5.26 Å². The van der Waals surface area contributed by atoms with Crippen molar-refractivity contribution in [3.63, 3.8) is 0 Å². The van der Waals surface area contributed by atoms with E-state index in [1.54, 1.807) is 6.92 Å². The topological polar surface area (TPSA) is 56.1 Å². The maximum absolute atomic E-state index is 13.5. The van der Waals surface area contributed by atoms with E-state index in [0.717, 1.165) is 0 Å². The van der Waals surface area contributed by atoms with Gasteiger partial charge in [-0.3, -0.25) is 0 Å². The lowest BCUT2D eigenvalue weighted by Gasteiger charge is -2.13. The highest BCUT2D eigenvalue weighted by atomic mass is 35.5. The summed E-state index contributed by atoms with van der Waals surface area (Å²) in [5.41, 5.74) is 0.996. The Labute approximate surface area is 109 Å². The summed E-state index contributed by atoms with van der Waals surface area (Å²) in [6, 6.07) is 4.05. The van der Waals surface area contributed by atoms with E-state index in [2.05, 4.69) is 5.32 Å². The summed E-state index contributed by atoms with van der Waals surface area (Å²) in [6.07, 6.45) is 0. The summed E-state index contributed by atoms with van der Waals surface area (Å²) in [7, 11) is 0. The number of rotatable bonds is 2. The van der Waals surface area contributed by atoms with Crippen LogP contribution >= 0.6 is 11.6 Å². The lowest BCUT2D eigenvalue weighted by Crippen LogP contribution is -2.28. The van der Waals surface area contributed by atoms with Gasteiger partial charge in [-0.1, -0.05) is 11.6 Å². The minimum absolute atomic E-state index is 0.00823. The van der Waals surface area contributed by atoms with Crippen LogP contribution in [0.2, 0.25) is 5.02 Å². The third-order valence-electron chi connectivity index (χ3n) is 2.90. The quantitative estimate of drug-likeness (QED) is 0.837. The molecule has 1 N–H and O–H groups in total. The molecule has 0 aromatic heterocycles. The molecule has 0 aliphatic carbocycles. The Bertz CT molecular complexity index is 541. The maximum atomic E-state index is 13.5. The minimum atomic E-state index is -0.381. The fourth-order valence-electron chi connectivity index (χ4n) is 1.92. The molecule has 1 fully saturated rings. The van der Waals surface area contributed by atoms with Crippen LogP contribution in [-0.4, -0.2) is 24.0 Å². The fraction of sp³-hybridized carbons (Fsp3) is 0.333. The molecule has 1 aromatic rings. The van der Waals surface area contributed by atoms with Crippen LogP contribution in [-0.2, 0) is 0 Å². The summed E-state index contributed by atoms with van der Waals surface area (Å²) >= 11 is 6.05. The molecular formula is C12H11ClFN3O. The zero-order valence-corrected chi connectivity index (χ0v) is 10.5. The van der Waals surface area contributed by atoms with E-state index in [4.69, 9.17) is 16.9 Å². The molecule has 4 nitrogen and oxygen atoms in total. The molecule has 6 heteroatoms. The second-order valence-electron chi connectivity index (χ2n) is 4.16. The van der Waals surface area contributed by atoms with Crippen molar-refractivity contribution < 1.29 is 9.18 Å². The summed E-state index contributed by atoms with van der Waals surface area (Å²) in [4.78, 5) is 12.9. The van der Waals surface area contributed by atoms with E-state index < -0.39 is 0 Å². The predicted molar refractivity (Wildman–Crippen MR) is 64.6 cm³/mol. The van der Waals surface area contributed by atoms with E-state index in [-0.39, 0.29) is 24.4 Å². The summed E-state index contributed by atoms with van der Waals surface area (Å²) < 4.78 is 13.5. The van der Waals surface area contributed by atoms with Gasteiger partial charge in [0.2, 0.25) is 0 Å². The molecular weight excluding hydrogens is 257 g/mol. The second kappa shape index (κ2) is 4.83. The molecule has 1 unspecified atom stereocenters. The van der Waals surface area contributed by atoms with E-state index in [1.807, 2.05) is 6.07 Å². The van der Waals surface area contributed by atoms with Gasteiger partial charge < -0.3 is 10.2 Å². The number of hydrogen-bond donors (Lipinski definition) is 1. The highest BCUT2D eigenvalue weighted by Gasteiger charge is 2.31. The minimum Gasteiger partial charge on any atom is -0.329 e. The number of aryl methyl sites for hydroxylation is 1. The molecule has 18 heavy (non-hydrogen) atoms. The molecule has 94 valence electrons. The Morgan fingerprint density at radius 2 is 2.39 bits per heavy atom. The van der Waals surface area contributed by atoms with Gasteiger partial charge >= 0.3 is 6.03 Å². The Morgan fingerprint density at radius 3 is 3.06 bits per heavy atom. The third kappa shape index (κ3) is 2.24. The van der Waals surface area contributed by atoms with Crippen LogP contribution in [0.5, 0.6) is 0 Å². The average molecular weight is 268 g/mol. The lowest BCUT2D eigenvalue weighted by atomic mass is 10.1. The monoisotopic (exact) mass is 267 g/mol. The molecule has 0 radical (unpaired) electrons. The van der Waals surface area contributed by atoms with Crippen LogP contribution in [0.15, 0.2) is 12.1 Å². The molecule has 0 saturated carbocycles. The number of hydrogen-bond acceptors (Lipinski definition) is 2. The SMILES string of the molecule is Cc1cc(Cl)c(C2CN(CC#N)C(=O)N2)cc1F. The standard InChI is InChI=1S/C12H11ClFN3O/c1-7-4-9(13)8(5-10(7)14)11-6-17(3-2-15)12(18)16-11/h4-5,11H,3,6H2,1H3,(H,16,18). The predicted octanol–water partition coefficient (Wildman–Crippen LogP) is 2.38. The van der Waals surface area contributed by atoms with Gasteiger partial charge in [0.25, 0.3) is 0 Å². The first-order valence-electron chi connectivity index (χ1n) is 5.41. The highest BCUT2D eigenvalue weighted by Crippen LogP contribution is 2.29. The van der Waals surface area contributed by atoms with Crippen molar-refractivity contribution in [2.45, 2.75) is 13.0 Å². The van der Waals surface area contributed by atoms with Crippen molar-refractivity contribution in [3.05, 3.63) is 34.1 Å². The smallest absolute Gasteiger partial charge is 0.318 e. The van der Waals surface area contributed by atoms with Crippen LogP contribution in [0.1, 0.15) is 17.2 Å². The van der Waals surface area contributed by atoms with Gasteiger partial charge in [-0.25, -0.2) is 9.18 Å². The molecule has 1 atom stereocenters. The molecule has 1 aromatic carbocycles. The molecule has 1 saturated heterocycles. The average Bonchev–Trinajstić information content (AvgIpc) is 2.66. The number of carbonyl (C=O) groups excluding carboxylic acids is 1. The van der Waals surface area contributed by atoms with Gasteiger partial charge in [0, 0.05) is 11.6 Å². The molecule has 1 aliphatic rings. The summed E-state index contributed by atoms with van der Waals surface area (Å²) in [5, 5.41) is 11.7. The van der Waals surface area contributed by atoms with Crippen molar-refractivity contribution in [2.24, 2.45) is 0 Å². The largest absolute Gasteiger partial charge is 0.329 e. The Morgan fingerprint density at radius 1 is 1.67 bits per heavy atom. The normalized spacial score (nSPS) is 18.7. The van der Waals surface area contributed by atoms with Crippen LogP contribution < -0.4 is 5.32 Å². The lowest BCUT2D eigenvalue weighted by molar-refractivity contribution is 0.222.